The summed E-state index contributed by atoms with van der Waals surface area (Å²) in [5.74, 6) is -0.187. The van der Waals surface area contributed by atoms with Crippen molar-refractivity contribution in [3.63, 3.8) is 0 Å². The molecule has 0 bridgehead atoms. The van der Waals surface area contributed by atoms with E-state index in [-0.39, 0.29) is 34.6 Å². The van der Waals surface area contributed by atoms with Crippen LogP contribution in [0.3, 0.4) is 0 Å². The molecule has 0 saturated carbocycles. The minimum absolute atomic E-state index is 0.0124. The van der Waals surface area contributed by atoms with E-state index >= 15 is 0 Å². The Morgan fingerprint density at radius 3 is 2.57 bits per heavy atom. The summed E-state index contributed by atoms with van der Waals surface area (Å²) in [6, 6.07) is 4.76. The van der Waals surface area contributed by atoms with E-state index in [1.54, 1.807) is 18.2 Å². The largest absolute Gasteiger partial charge is 0.356 e. The fourth-order valence-electron chi connectivity index (χ4n) is 2.04. The quantitative estimate of drug-likeness (QED) is 0.667. The zero-order valence-corrected chi connectivity index (χ0v) is 15.6. The molecule has 0 fully saturated rings. The smallest absolute Gasteiger partial charge is 0.232 e. The number of nitrogens with zero attached hydrogens (tertiary/aromatic N) is 1. The van der Waals surface area contributed by atoms with E-state index in [4.69, 9.17) is 23.2 Å². The molecule has 0 atom stereocenters. The second kappa shape index (κ2) is 9.35. The molecule has 0 aliphatic rings. The van der Waals surface area contributed by atoms with Gasteiger partial charge in [-0.05, 0) is 18.6 Å². The zero-order valence-electron chi connectivity index (χ0n) is 13.3. The molecular weight excluding hydrogens is 359 g/mol. The monoisotopic (exact) mass is 380 g/mol. The van der Waals surface area contributed by atoms with E-state index in [9.17, 15) is 13.2 Å². The Labute approximate surface area is 148 Å². The molecule has 23 heavy (non-hydrogen) atoms. The highest BCUT2D eigenvalue weighted by Crippen LogP contribution is 2.33. The molecule has 1 N–H and O–H groups in total. The van der Waals surface area contributed by atoms with Crippen LogP contribution in [-0.2, 0) is 14.8 Å². The van der Waals surface area contributed by atoms with Crippen molar-refractivity contribution in [2.24, 2.45) is 0 Å². The van der Waals surface area contributed by atoms with Gasteiger partial charge < -0.3 is 5.32 Å². The summed E-state index contributed by atoms with van der Waals surface area (Å²) >= 11 is 12.0. The van der Waals surface area contributed by atoms with Crippen molar-refractivity contribution < 1.29 is 13.2 Å². The number of amides is 1. The first-order chi connectivity index (χ1) is 10.8. The lowest BCUT2D eigenvalue weighted by molar-refractivity contribution is -0.120. The van der Waals surface area contributed by atoms with Crippen LogP contribution in [0.25, 0.3) is 0 Å². The summed E-state index contributed by atoms with van der Waals surface area (Å²) in [6.45, 7) is 2.70. The predicted molar refractivity (Wildman–Crippen MR) is 95.8 cm³/mol. The van der Waals surface area contributed by atoms with Crippen LogP contribution >= 0.6 is 23.2 Å². The van der Waals surface area contributed by atoms with Gasteiger partial charge in [-0.2, -0.15) is 0 Å². The van der Waals surface area contributed by atoms with E-state index in [0.717, 1.165) is 29.8 Å². The third kappa shape index (κ3) is 6.57. The molecule has 130 valence electrons. The lowest BCUT2D eigenvalue weighted by atomic mass is 10.2. The number of sulfonamides is 1. The fraction of sp³-hybridized carbons (Fsp3) is 0.533. The molecule has 0 aliphatic carbocycles. The number of nitrogens with one attached hydrogen (secondary N) is 1. The lowest BCUT2D eigenvalue weighted by Crippen LogP contribution is -2.35. The fourth-order valence-corrected chi connectivity index (χ4v) is 3.42. The highest BCUT2D eigenvalue weighted by atomic mass is 35.5. The van der Waals surface area contributed by atoms with E-state index < -0.39 is 10.0 Å². The molecule has 0 spiro atoms. The van der Waals surface area contributed by atoms with Crippen LogP contribution in [0.15, 0.2) is 18.2 Å². The molecule has 0 saturated heterocycles. The van der Waals surface area contributed by atoms with Crippen LogP contribution in [0.1, 0.15) is 32.6 Å². The number of halogens is 2. The summed E-state index contributed by atoms with van der Waals surface area (Å²) in [6.07, 6.45) is 4.17. The average Bonchev–Trinajstić information content (AvgIpc) is 2.46. The second-order valence-corrected chi connectivity index (χ2v) is 7.91. The highest BCUT2D eigenvalue weighted by Gasteiger charge is 2.21. The van der Waals surface area contributed by atoms with Gasteiger partial charge in [-0.1, -0.05) is 49.0 Å². The van der Waals surface area contributed by atoms with Gasteiger partial charge in [0, 0.05) is 19.5 Å². The van der Waals surface area contributed by atoms with Gasteiger partial charge in [-0.3, -0.25) is 9.10 Å². The average molecular weight is 381 g/mol. The number of rotatable bonds is 9. The Morgan fingerprint density at radius 2 is 1.96 bits per heavy atom. The first-order valence-corrected chi connectivity index (χ1v) is 10.1. The highest BCUT2D eigenvalue weighted by molar-refractivity contribution is 7.92. The van der Waals surface area contributed by atoms with Crippen molar-refractivity contribution in [2.75, 3.05) is 23.7 Å². The predicted octanol–water partition coefficient (Wildman–Crippen LogP) is 3.46. The van der Waals surface area contributed by atoms with Crippen molar-refractivity contribution in [2.45, 2.75) is 32.6 Å². The molecule has 1 amide bonds. The Bertz CT molecular complexity index is 636. The van der Waals surface area contributed by atoms with Gasteiger partial charge in [0.2, 0.25) is 15.9 Å². The number of anilines is 1. The summed E-state index contributed by atoms with van der Waals surface area (Å²) in [4.78, 5) is 11.8. The zero-order chi connectivity index (χ0) is 17.5. The number of carbonyl (C=O) groups is 1. The van der Waals surface area contributed by atoms with Crippen LogP contribution in [0, 0.1) is 0 Å². The van der Waals surface area contributed by atoms with E-state index in [0.29, 0.717) is 6.54 Å². The molecule has 0 heterocycles. The van der Waals surface area contributed by atoms with E-state index in [2.05, 4.69) is 12.2 Å². The van der Waals surface area contributed by atoms with Crippen LogP contribution in [-0.4, -0.2) is 33.7 Å². The maximum atomic E-state index is 12.0. The van der Waals surface area contributed by atoms with Crippen molar-refractivity contribution in [3.8, 4) is 0 Å². The second-order valence-electron chi connectivity index (χ2n) is 5.22. The van der Waals surface area contributed by atoms with Gasteiger partial charge >= 0.3 is 0 Å². The molecule has 1 aromatic carbocycles. The molecule has 0 aromatic heterocycles. The minimum Gasteiger partial charge on any atom is -0.356 e. The van der Waals surface area contributed by atoms with Crippen LogP contribution in [0.5, 0.6) is 0 Å². The molecular formula is C15H22Cl2N2O3S. The normalized spacial score (nSPS) is 11.3. The first-order valence-electron chi connectivity index (χ1n) is 7.45. The summed E-state index contributed by atoms with van der Waals surface area (Å²) in [7, 11) is -3.57. The molecule has 1 aromatic rings. The summed E-state index contributed by atoms with van der Waals surface area (Å²) < 4.78 is 25.1. The summed E-state index contributed by atoms with van der Waals surface area (Å²) in [5.41, 5.74) is 0.278. The molecule has 8 heteroatoms. The Hall–Kier alpha value is -0.980. The van der Waals surface area contributed by atoms with Gasteiger partial charge in [0.15, 0.2) is 0 Å². The standard InChI is InChI=1S/C15H22Cl2N2O3S/c1-3-4-5-10-18-14(20)9-11-19(23(2,21)22)13-8-6-7-12(16)15(13)17/h6-8H,3-5,9-11H2,1-2H3,(H,18,20). The Morgan fingerprint density at radius 1 is 1.26 bits per heavy atom. The van der Waals surface area contributed by atoms with Crippen molar-refractivity contribution >= 4 is 44.8 Å². The topological polar surface area (TPSA) is 66.5 Å². The number of hydrogen-bond acceptors (Lipinski definition) is 3. The van der Waals surface area contributed by atoms with E-state index in [1.165, 1.54) is 0 Å². The van der Waals surface area contributed by atoms with E-state index in [1.807, 2.05) is 0 Å². The van der Waals surface area contributed by atoms with Crippen molar-refractivity contribution in [1.82, 2.24) is 5.32 Å². The lowest BCUT2D eigenvalue weighted by Gasteiger charge is -2.23. The molecule has 0 radical (unpaired) electrons. The molecule has 5 nitrogen and oxygen atoms in total. The summed E-state index contributed by atoms with van der Waals surface area (Å²) in [5, 5.41) is 3.20. The van der Waals surface area contributed by atoms with Gasteiger partial charge in [0.1, 0.15) is 0 Å². The van der Waals surface area contributed by atoms with Crippen LogP contribution in [0.4, 0.5) is 5.69 Å². The molecule has 0 unspecified atom stereocenters. The number of unbranched alkanes of at least 4 members (excludes halogenated alkanes) is 2. The first kappa shape index (κ1) is 20.1. The number of carbonyl (C=O) groups excluding carboxylic acids is 1. The third-order valence-corrected chi connectivity index (χ3v) is 5.23. The van der Waals surface area contributed by atoms with Gasteiger partial charge in [0.05, 0.1) is 22.0 Å². The van der Waals surface area contributed by atoms with Gasteiger partial charge in [-0.25, -0.2) is 8.42 Å². The number of benzene rings is 1. The van der Waals surface area contributed by atoms with Crippen LogP contribution < -0.4 is 9.62 Å². The Balaban J connectivity index is 2.74. The minimum atomic E-state index is -3.57. The SMILES string of the molecule is CCCCCNC(=O)CCN(c1cccc(Cl)c1Cl)S(C)(=O)=O. The van der Waals surface area contributed by atoms with Gasteiger partial charge in [0.25, 0.3) is 0 Å². The molecule has 0 aliphatic heterocycles. The maximum Gasteiger partial charge on any atom is 0.232 e. The maximum absolute atomic E-state index is 12.0. The number of hydrogen-bond donors (Lipinski definition) is 1. The van der Waals surface area contributed by atoms with Crippen LogP contribution in [0.2, 0.25) is 10.0 Å². The van der Waals surface area contributed by atoms with Crippen molar-refractivity contribution in [1.29, 1.82) is 0 Å². The van der Waals surface area contributed by atoms with Gasteiger partial charge in [-0.15, -0.1) is 0 Å². The van der Waals surface area contributed by atoms with Crippen molar-refractivity contribution in [3.05, 3.63) is 28.2 Å². The third-order valence-electron chi connectivity index (χ3n) is 3.24. The molecule has 1 rings (SSSR count). The Kier molecular flexibility index (Phi) is 8.16.